The van der Waals surface area contributed by atoms with E-state index < -0.39 is 396 Å². The van der Waals surface area contributed by atoms with Gasteiger partial charge >= 0.3 is 0 Å². The first-order valence-electron chi connectivity index (χ1n) is 42.1. The molecule has 33 N–H and O–H groups in total. The predicted octanol–water partition coefficient (Wildman–Crippen LogP) is -20.9. The number of nitrogens with zero attached hydrogens (tertiary/aromatic N) is 1. The summed E-state index contributed by atoms with van der Waals surface area (Å²) in [6.07, 6.45) is -94.3. The fourth-order valence-corrected chi connectivity index (χ4v) is 16.6. The molecule has 10 heterocycles. The molecule has 0 spiro atoms. The first kappa shape index (κ1) is 109. The van der Waals surface area contributed by atoms with Crippen molar-refractivity contribution >= 4 is 35.4 Å². The SMILES string of the molecule is CC(=O)N[C@H]1[C@H](O[C@@H]([C@H](O)[C@H](CNc2ccccn2)NC(C)=O)[C@H](O)CO)O[C@H](CO)[C@@H](O[C@@H]2O[C@H](CO[C@H]3O[C@H](CO)[C@@H](O)[C@H](O)[C@@H]3O[C@@H]3O[C@H](CO)[C@@H](O[C@@H]4O[C@H](CO)[C@H](O)[C@H](O)[C@H]4O)[C@H](O)[C@H]3NC(C)=O)[C@@H](O)[C@H](O[C@H]3O[C@H](CO)[C@@H](O[C@@H]4O[C@H](CO)[C@@H](O)[C@H](O)[C@H]4NC(C)=O)[C@H](O)[C@@H]3O[C@@H]3O[C@H](CO)[C@@H](O[C@@H]4O[C@H](CO)[C@H](O)[C@H](O)[C@H]4O)[C@H](O)[C@H]3NC(C)=O)[C@@H]2O)[C@@H]1O. The fraction of sp³-hybridized carbons (Fsp3) is 0.867. The Balaban J connectivity index is 1.04. The van der Waals surface area contributed by atoms with Crippen LogP contribution in [0.3, 0.4) is 0 Å². The summed E-state index contributed by atoms with van der Waals surface area (Å²) in [6, 6.07) is -4.73. The minimum absolute atomic E-state index is 0.219. The van der Waals surface area contributed by atoms with Crippen molar-refractivity contribution in [2.75, 3.05) is 77.9 Å². The average molecular weight is 1920 g/mol. The van der Waals surface area contributed by atoms with Crippen LogP contribution in [0.25, 0.3) is 0 Å². The summed E-state index contributed by atoms with van der Waals surface area (Å²) in [7, 11) is 0. The molecule has 0 aromatic carbocycles. The topological polar surface area (TPSA) is 883 Å². The van der Waals surface area contributed by atoms with Gasteiger partial charge in [-0.05, 0) is 12.1 Å². The van der Waals surface area contributed by atoms with Crippen LogP contribution in [0.1, 0.15) is 34.6 Å². The number of aliphatic hydroxyl groups is 27. The molecule has 0 bridgehead atoms. The van der Waals surface area contributed by atoms with Gasteiger partial charge in [-0.1, -0.05) is 6.07 Å². The highest BCUT2D eigenvalue weighted by atomic mass is 16.8. The van der Waals surface area contributed by atoms with E-state index in [-0.39, 0.29) is 12.4 Å². The van der Waals surface area contributed by atoms with E-state index in [0.29, 0.717) is 0 Å². The van der Waals surface area contributed by atoms with Crippen LogP contribution in [0, 0.1) is 0 Å². The Morgan fingerprint density at radius 2 is 0.667 bits per heavy atom. The summed E-state index contributed by atoms with van der Waals surface area (Å²) in [5.74, 6) is -4.45. The van der Waals surface area contributed by atoms with Crippen LogP contribution in [-0.2, 0) is 109 Å². The van der Waals surface area contributed by atoms with E-state index in [1.165, 1.54) is 12.3 Å². The number of hydrogen-bond acceptors (Lipinski definition) is 52. The van der Waals surface area contributed by atoms with Crippen molar-refractivity contribution in [3.63, 3.8) is 0 Å². The number of rotatable bonds is 39. The van der Waals surface area contributed by atoms with Crippen LogP contribution < -0.4 is 31.9 Å². The smallest absolute Gasteiger partial charge is 0.217 e. The fourth-order valence-electron chi connectivity index (χ4n) is 16.6. The van der Waals surface area contributed by atoms with Gasteiger partial charge in [-0.25, -0.2) is 4.98 Å². The van der Waals surface area contributed by atoms with Gasteiger partial charge in [-0.15, -0.1) is 0 Å². The van der Waals surface area contributed by atoms with Crippen molar-refractivity contribution in [3.8, 4) is 0 Å². The first-order chi connectivity index (χ1) is 62.6. The van der Waals surface area contributed by atoms with Gasteiger partial charge in [0.15, 0.2) is 56.6 Å². The predicted molar refractivity (Wildman–Crippen MR) is 416 cm³/mol. The Kier molecular flexibility index (Phi) is 40.2. The molecule has 9 saturated heterocycles. The zero-order valence-corrected chi connectivity index (χ0v) is 71.3. The zero-order chi connectivity index (χ0) is 97.0. The number of nitrogens with one attached hydrogen (secondary N) is 6. The highest BCUT2D eigenvalue weighted by Crippen LogP contribution is 2.41. The second kappa shape index (κ2) is 48.9. The molecule has 1 aromatic rings. The van der Waals surface area contributed by atoms with E-state index in [2.05, 4.69) is 36.9 Å². The molecular formula is C75H123N7O50. The minimum Gasteiger partial charge on any atom is -0.394 e. The summed E-state index contributed by atoms with van der Waals surface area (Å²) in [4.78, 5) is 69.2. The Morgan fingerprint density at radius 1 is 0.333 bits per heavy atom. The third-order valence-electron chi connectivity index (χ3n) is 23.5. The van der Waals surface area contributed by atoms with E-state index in [1.54, 1.807) is 12.1 Å². The zero-order valence-electron chi connectivity index (χ0n) is 71.3. The molecule has 0 saturated carbocycles. The van der Waals surface area contributed by atoms with E-state index in [4.69, 9.17) is 85.3 Å². The third-order valence-corrected chi connectivity index (χ3v) is 23.5. The lowest BCUT2D eigenvalue weighted by atomic mass is 9.93. The van der Waals surface area contributed by atoms with Gasteiger partial charge in [0.05, 0.1) is 72.1 Å². The second-order valence-electron chi connectivity index (χ2n) is 32.9. The van der Waals surface area contributed by atoms with Crippen LogP contribution in [0.2, 0.25) is 0 Å². The Labute approximate surface area is 749 Å². The monoisotopic (exact) mass is 1920 g/mol. The normalized spacial score (nSPS) is 44.2. The Hall–Kier alpha value is -5.50. The molecule has 132 heavy (non-hydrogen) atoms. The molecule has 9 fully saturated rings. The van der Waals surface area contributed by atoms with Crippen molar-refractivity contribution in [1.82, 2.24) is 31.6 Å². The first-order valence-corrected chi connectivity index (χ1v) is 42.1. The Morgan fingerprint density at radius 3 is 1.08 bits per heavy atom. The van der Waals surface area contributed by atoms with Crippen molar-refractivity contribution in [2.24, 2.45) is 0 Å². The number of pyridine rings is 1. The molecule has 758 valence electrons. The van der Waals surface area contributed by atoms with Crippen LogP contribution in [0.5, 0.6) is 0 Å². The van der Waals surface area contributed by atoms with Gasteiger partial charge in [0.25, 0.3) is 0 Å². The summed E-state index contributed by atoms with van der Waals surface area (Å²) >= 11 is 0. The maximum atomic E-state index is 13.3. The van der Waals surface area contributed by atoms with Gasteiger partial charge in [-0.2, -0.15) is 0 Å². The molecule has 0 unspecified atom stereocenters. The number of aliphatic hydroxyl groups excluding tert-OH is 27. The van der Waals surface area contributed by atoms with Crippen LogP contribution in [-0.4, -0.2) is 545 Å². The summed E-state index contributed by atoms with van der Waals surface area (Å²) in [6.45, 7) is -7.36. The molecular weight excluding hydrogens is 1800 g/mol. The number of carbonyl (C=O) groups is 5. The van der Waals surface area contributed by atoms with Crippen molar-refractivity contribution in [1.29, 1.82) is 0 Å². The maximum absolute atomic E-state index is 13.3. The van der Waals surface area contributed by atoms with Gasteiger partial charge in [-0.3, -0.25) is 24.0 Å². The van der Waals surface area contributed by atoms with Crippen LogP contribution >= 0.6 is 0 Å². The molecule has 1 aromatic heterocycles. The van der Waals surface area contributed by atoms with E-state index in [9.17, 15) is 162 Å². The molecule has 49 atom stereocenters. The van der Waals surface area contributed by atoms with E-state index >= 15 is 0 Å². The molecule has 57 nitrogen and oxygen atoms in total. The number of anilines is 1. The number of ether oxygens (including phenoxy) is 18. The van der Waals surface area contributed by atoms with Gasteiger partial charge in [0.1, 0.15) is 244 Å². The number of amides is 5. The van der Waals surface area contributed by atoms with Crippen molar-refractivity contribution < 1.29 is 247 Å². The quantitative estimate of drug-likeness (QED) is 0.0291. The molecule has 10 rings (SSSR count). The Bertz CT molecular complexity index is 3730. The second-order valence-corrected chi connectivity index (χ2v) is 32.9. The van der Waals surface area contributed by atoms with Crippen molar-refractivity contribution in [2.45, 2.75) is 335 Å². The van der Waals surface area contributed by atoms with Crippen LogP contribution in [0.4, 0.5) is 5.82 Å². The largest absolute Gasteiger partial charge is 0.394 e. The highest BCUT2D eigenvalue weighted by molar-refractivity contribution is 5.75. The lowest BCUT2D eigenvalue weighted by molar-refractivity contribution is -0.405. The van der Waals surface area contributed by atoms with E-state index in [1.807, 2.05) is 0 Å². The molecule has 0 radical (unpaired) electrons. The van der Waals surface area contributed by atoms with Crippen molar-refractivity contribution in [3.05, 3.63) is 24.4 Å². The maximum Gasteiger partial charge on any atom is 0.217 e. The lowest BCUT2D eigenvalue weighted by Gasteiger charge is -2.52. The average Bonchev–Trinajstić information content (AvgIpc) is 0.759. The lowest BCUT2D eigenvalue weighted by Crippen LogP contribution is -2.71. The van der Waals surface area contributed by atoms with Gasteiger partial charge < -0.3 is 255 Å². The van der Waals surface area contributed by atoms with Gasteiger partial charge in [0.2, 0.25) is 29.5 Å². The number of aromatic nitrogens is 1. The standard InChI is InChI=1S/C75H123N7O50/c1-21(92)78-26(10-77-37-8-6-7-9-76-37)42(98)59(27(97)11-83)125-68-39(80-23(3)94)49(105)62(34(18-90)120-68)129-73-58(114)64(47(103)36(124-73)20-115-74-65(54(110)46(102)31(15-87)119-74)131-69-40(81-24(4)95)50(106)60(32(16-88)121-69)127-71-55(111)52(108)44(100)29(13-85)117-71)130-75-66(57(113)63(35(19-91)123-75)126-67-38(79-22(2)93)48(104)43(99)28(12-84)116-67)132-70-41(82-25(5)96)51(107)61(33(17-89)122-70)128-72-56(112)53(109)45(101)30(14-86)118-72/h6-9,26-36,38-75,83-91,97-114H,10-20H2,1-5H3,(H,76,77)(H,78,92)(H,79,93)(H,80,94)(H,81,95)(H,82,96)/t26-,27+,28+,29+,30+,31+,32+,33+,34+,35+,36+,38+,39+,40+,41+,42+,43+,44-,45-,46+,47+,48+,49+,50+,51+,52-,53-,54-,55+,56+,57-,58-,59+,60+,61+,62+,63+,64-,65-,66-,67-,68-,69-,70-,71-,72-,73-,74-,75+/m0/s1. The third kappa shape index (κ3) is 25.2. The van der Waals surface area contributed by atoms with E-state index in [0.717, 1.165) is 34.6 Å². The number of carbonyl (C=O) groups excluding carboxylic acids is 5. The molecule has 0 aliphatic carbocycles. The molecule has 9 aliphatic heterocycles. The highest BCUT2D eigenvalue weighted by Gasteiger charge is 2.62. The summed E-state index contributed by atoms with van der Waals surface area (Å²) in [5.41, 5.74) is 0. The molecule has 5 amide bonds. The minimum atomic E-state index is -2.72. The molecule has 57 heteroatoms. The summed E-state index contributed by atoms with van der Waals surface area (Å²) in [5, 5.41) is 320. The van der Waals surface area contributed by atoms with Crippen LogP contribution in [0.15, 0.2) is 24.4 Å². The molecule has 9 aliphatic rings. The van der Waals surface area contributed by atoms with Gasteiger partial charge in [0, 0.05) is 47.4 Å². The summed E-state index contributed by atoms with van der Waals surface area (Å²) < 4.78 is 109. The number of hydrogen-bond donors (Lipinski definition) is 33.